The van der Waals surface area contributed by atoms with Gasteiger partial charge in [0.05, 0.1) is 23.3 Å². The molecule has 1 aliphatic carbocycles. The lowest BCUT2D eigenvalue weighted by Gasteiger charge is -2.26. The van der Waals surface area contributed by atoms with Crippen molar-refractivity contribution in [2.75, 3.05) is 6.61 Å². The van der Waals surface area contributed by atoms with E-state index in [0.717, 1.165) is 36.8 Å². The number of pyridine rings is 1. The summed E-state index contributed by atoms with van der Waals surface area (Å²) in [4.78, 5) is 12.0. The quantitative estimate of drug-likeness (QED) is 0.665. The van der Waals surface area contributed by atoms with E-state index in [9.17, 15) is 5.11 Å². The molecule has 0 aliphatic heterocycles. The summed E-state index contributed by atoms with van der Waals surface area (Å²) < 4.78 is 6.05. The summed E-state index contributed by atoms with van der Waals surface area (Å²) in [5.74, 6) is 1.51. The van der Waals surface area contributed by atoms with Crippen LogP contribution in [0.5, 0.6) is 5.75 Å². The maximum atomic E-state index is 9.85. The first-order chi connectivity index (χ1) is 12.6. The third-order valence-electron chi connectivity index (χ3n) is 4.80. The van der Waals surface area contributed by atoms with Gasteiger partial charge in [0.2, 0.25) is 0 Å². The predicted octanol–water partition coefficient (Wildman–Crippen LogP) is 4.86. The summed E-state index contributed by atoms with van der Waals surface area (Å²) in [6, 6.07) is 5.52. The van der Waals surface area contributed by atoms with E-state index in [-0.39, 0.29) is 6.10 Å². The number of H-pyrrole nitrogens is 1. The lowest BCUT2D eigenvalue weighted by molar-refractivity contribution is 0.0812. The van der Waals surface area contributed by atoms with E-state index in [4.69, 9.17) is 27.9 Å². The standard InChI is InChI=1S/C19H19Cl2N3O2/c20-14-9-15-17(24-19(23-15)12-4-6-22-7-5-12)18(16(14)21)26-10-11-2-1-3-13(25)8-11/h4-7,9,11,13,25H,1-3,8,10H2,(H,23,24)/t11-,13+/m0/s1. The van der Waals surface area contributed by atoms with E-state index in [1.807, 2.05) is 12.1 Å². The number of aromatic amines is 1. The van der Waals surface area contributed by atoms with Crippen LogP contribution >= 0.6 is 23.2 Å². The zero-order chi connectivity index (χ0) is 18.1. The number of hydrogen-bond acceptors (Lipinski definition) is 4. The van der Waals surface area contributed by atoms with Gasteiger partial charge in [-0.15, -0.1) is 0 Å². The van der Waals surface area contributed by atoms with Gasteiger partial charge in [0, 0.05) is 18.0 Å². The van der Waals surface area contributed by atoms with Gasteiger partial charge >= 0.3 is 0 Å². The number of rotatable bonds is 4. The van der Waals surface area contributed by atoms with Gasteiger partial charge in [-0.05, 0) is 43.4 Å². The molecule has 2 atom stereocenters. The van der Waals surface area contributed by atoms with E-state index in [1.54, 1.807) is 18.5 Å². The fraction of sp³-hybridized carbons (Fsp3) is 0.368. The highest BCUT2D eigenvalue weighted by atomic mass is 35.5. The first kappa shape index (κ1) is 17.6. The number of benzene rings is 1. The number of aromatic nitrogens is 3. The summed E-state index contributed by atoms with van der Waals surface area (Å²) in [6.45, 7) is 0.490. The highest BCUT2D eigenvalue weighted by molar-refractivity contribution is 6.44. The molecule has 0 bridgehead atoms. The van der Waals surface area contributed by atoms with Crippen LogP contribution < -0.4 is 4.74 Å². The van der Waals surface area contributed by atoms with E-state index >= 15 is 0 Å². The summed E-state index contributed by atoms with van der Waals surface area (Å²) >= 11 is 12.7. The van der Waals surface area contributed by atoms with Gasteiger partial charge in [0.25, 0.3) is 0 Å². The maximum Gasteiger partial charge on any atom is 0.167 e. The molecule has 136 valence electrons. The monoisotopic (exact) mass is 391 g/mol. The Balaban J connectivity index is 1.66. The van der Waals surface area contributed by atoms with Crippen LogP contribution in [0.4, 0.5) is 0 Å². The molecule has 7 heteroatoms. The van der Waals surface area contributed by atoms with Crippen LogP contribution in [0.25, 0.3) is 22.4 Å². The lowest BCUT2D eigenvalue weighted by atomic mass is 9.88. The largest absolute Gasteiger partial charge is 0.489 e. The van der Waals surface area contributed by atoms with Gasteiger partial charge < -0.3 is 14.8 Å². The summed E-state index contributed by atoms with van der Waals surface area (Å²) in [6.07, 6.45) is 6.87. The Hall–Kier alpha value is -1.82. The predicted molar refractivity (Wildman–Crippen MR) is 103 cm³/mol. The van der Waals surface area contributed by atoms with Gasteiger partial charge in [-0.2, -0.15) is 0 Å². The smallest absolute Gasteiger partial charge is 0.167 e. The van der Waals surface area contributed by atoms with Crippen molar-refractivity contribution in [1.82, 2.24) is 15.0 Å². The van der Waals surface area contributed by atoms with Crippen molar-refractivity contribution in [3.05, 3.63) is 40.6 Å². The van der Waals surface area contributed by atoms with Gasteiger partial charge in [0.1, 0.15) is 16.4 Å². The number of hydrogen-bond donors (Lipinski definition) is 2. The minimum atomic E-state index is -0.240. The fourth-order valence-corrected chi connectivity index (χ4v) is 3.85. The number of nitrogens with zero attached hydrogens (tertiary/aromatic N) is 2. The van der Waals surface area contributed by atoms with Gasteiger partial charge in [0.15, 0.2) is 5.75 Å². The normalized spacial score (nSPS) is 20.4. The molecule has 5 nitrogen and oxygen atoms in total. The Labute approximate surface area is 161 Å². The second kappa shape index (κ2) is 7.43. The first-order valence-electron chi connectivity index (χ1n) is 8.71. The zero-order valence-corrected chi connectivity index (χ0v) is 15.6. The van der Waals surface area contributed by atoms with Crippen molar-refractivity contribution >= 4 is 34.2 Å². The van der Waals surface area contributed by atoms with E-state index in [2.05, 4.69) is 15.0 Å². The molecule has 1 fully saturated rings. The van der Waals surface area contributed by atoms with Gasteiger partial charge in [-0.3, -0.25) is 4.98 Å². The molecule has 1 aliphatic rings. The molecule has 2 heterocycles. The molecule has 0 spiro atoms. The Bertz CT molecular complexity index is 914. The molecule has 1 aromatic carbocycles. The lowest BCUT2D eigenvalue weighted by Crippen LogP contribution is -2.24. The van der Waals surface area contributed by atoms with Gasteiger partial charge in [-0.25, -0.2) is 4.98 Å². The van der Waals surface area contributed by atoms with Crippen LogP contribution in [-0.4, -0.2) is 32.8 Å². The second-order valence-corrected chi connectivity index (χ2v) is 7.50. The Kier molecular flexibility index (Phi) is 5.02. The molecule has 0 unspecified atom stereocenters. The third-order valence-corrected chi connectivity index (χ3v) is 5.57. The molecule has 0 amide bonds. The molecule has 0 saturated heterocycles. The molecule has 1 saturated carbocycles. The molecule has 2 N–H and O–H groups in total. The van der Waals surface area contributed by atoms with Crippen LogP contribution in [0.15, 0.2) is 30.6 Å². The van der Waals surface area contributed by atoms with Crippen molar-refractivity contribution in [1.29, 1.82) is 0 Å². The number of aliphatic hydroxyl groups is 1. The third kappa shape index (κ3) is 3.52. The number of aliphatic hydroxyl groups excluding tert-OH is 1. The van der Waals surface area contributed by atoms with Gasteiger partial charge in [-0.1, -0.05) is 29.6 Å². The zero-order valence-electron chi connectivity index (χ0n) is 14.1. The van der Waals surface area contributed by atoms with Crippen LogP contribution in [0.3, 0.4) is 0 Å². The number of fused-ring (bicyclic) bond motifs is 1. The molecular formula is C19H19Cl2N3O2. The molecule has 0 radical (unpaired) electrons. The highest BCUT2D eigenvalue weighted by Crippen LogP contribution is 2.40. The number of nitrogens with one attached hydrogen (secondary N) is 1. The minimum Gasteiger partial charge on any atom is -0.489 e. The van der Waals surface area contributed by atoms with Crippen molar-refractivity contribution < 1.29 is 9.84 Å². The average molecular weight is 392 g/mol. The Morgan fingerprint density at radius 3 is 2.81 bits per heavy atom. The number of ether oxygens (including phenoxy) is 1. The molecule has 26 heavy (non-hydrogen) atoms. The number of imidazole rings is 1. The van der Waals surface area contributed by atoms with Crippen molar-refractivity contribution in [2.45, 2.75) is 31.8 Å². The van der Waals surface area contributed by atoms with Crippen LogP contribution in [0.2, 0.25) is 10.0 Å². The van der Waals surface area contributed by atoms with Crippen molar-refractivity contribution in [3.63, 3.8) is 0 Å². The average Bonchev–Trinajstić information content (AvgIpc) is 3.06. The molecule has 3 aromatic rings. The first-order valence-corrected chi connectivity index (χ1v) is 9.46. The highest BCUT2D eigenvalue weighted by Gasteiger charge is 2.23. The van der Waals surface area contributed by atoms with Crippen LogP contribution in [0, 0.1) is 5.92 Å². The fourth-order valence-electron chi connectivity index (χ4n) is 3.46. The minimum absolute atomic E-state index is 0.240. The van der Waals surface area contributed by atoms with Crippen molar-refractivity contribution in [3.8, 4) is 17.1 Å². The molecule has 4 rings (SSSR count). The second-order valence-electron chi connectivity index (χ2n) is 6.72. The Morgan fingerprint density at radius 1 is 1.23 bits per heavy atom. The maximum absolute atomic E-state index is 9.85. The Morgan fingerprint density at radius 2 is 2.04 bits per heavy atom. The van der Waals surface area contributed by atoms with Crippen LogP contribution in [-0.2, 0) is 0 Å². The van der Waals surface area contributed by atoms with E-state index in [0.29, 0.717) is 39.7 Å². The van der Waals surface area contributed by atoms with E-state index in [1.165, 1.54) is 0 Å². The SMILES string of the molecule is O[C@@H]1CCC[C@H](COc2c(Cl)c(Cl)cc3[nH]c(-c4ccncc4)nc23)C1. The molecule has 2 aromatic heterocycles. The summed E-state index contributed by atoms with van der Waals surface area (Å²) in [5, 5.41) is 10.6. The molecular weight excluding hydrogens is 373 g/mol. The van der Waals surface area contributed by atoms with E-state index < -0.39 is 0 Å². The van der Waals surface area contributed by atoms with Crippen LogP contribution in [0.1, 0.15) is 25.7 Å². The van der Waals surface area contributed by atoms with Crippen molar-refractivity contribution in [2.24, 2.45) is 5.92 Å². The summed E-state index contributed by atoms with van der Waals surface area (Å²) in [5.41, 5.74) is 2.34. The summed E-state index contributed by atoms with van der Waals surface area (Å²) in [7, 11) is 0. The topological polar surface area (TPSA) is 71.0 Å². The number of halogens is 2.